The van der Waals surface area contributed by atoms with Crippen LogP contribution in [0.1, 0.15) is 22.7 Å². The third-order valence-corrected chi connectivity index (χ3v) is 3.57. The first-order valence-corrected chi connectivity index (χ1v) is 6.59. The predicted molar refractivity (Wildman–Crippen MR) is 71.0 cm³/mol. The molecule has 0 aliphatic rings. The van der Waals surface area contributed by atoms with E-state index in [9.17, 15) is 4.39 Å². The maximum absolute atomic E-state index is 13.4. The van der Waals surface area contributed by atoms with Gasteiger partial charge in [-0.1, -0.05) is 6.07 Å². The third-order valence-electron chi connectivity index (χ3n) is 2.84. The summed E-state index contributed by atoms with van der Waals surface area (Å²) in [6.07, 6.45) is 0.892. The van der Waals surface area contributed by atoms with Crippen LogP contribution in [-0.4, -0.2) is 7.05 Å². The molecule has 1 atom stereocenters. The van der Waals surface area contributed by atoms with Crippen LogP contribution in [0.5, 0.6) is 0 Å². The third kappa shape index (κ3) is 3.14. The van der Waals surface area contributed by atoms with Gasteiger partial charge in [-0.05, 0) is 66.0 Å². The highest BCUT2D eigenvalue weighted by molar-refractivity contribution is 7.07. The lowest BCUT2D eigenvalue weighted by Gasteiger charge is -2.16. The lowest BCUT2D eigenvalue weighted by Crippen LogP contribution is -2.18. The molecule has 3 heteroatoms. The number of nitrogens with one attached hydrogen (secondary N) is 1. The fourth-order valence-corrected chi connectivity index (χ4v) is 2.68. The molecular weight excluding hydrogens is 233 g/mol. The van der Waals surface area contributed by atoms with Gasteiger partial charge in [-0.3, -0.25) is 0 Å². The van der Waals surface area contributed by atoms with Crippen molar-refractivity contribution in [2.24, 2.45) is 0 Å². The molecule has 0 saturated heterocycles. The van der Waals surface area contributed by atoms with Crippen molar-refractivity contribution in [1.29, 1.82) is 0 Å². The minimum absolute atomic E-state index is 0.162. The molecule has 1 unspecified atom stereocenters. The molecule has 0 fully saturated rings. The second-order valence-corrected chi connectivity index (χ2v) is 5.02. The number of thiophene rings is 1. The highest BCUT2D eigenvalue weighted by Crippen LogP contribution is 2.21. The second kappa shape index (κ2) is 5.43. The van der Waals surface area contributed by atoms with Crippen molar-refractivity contribution in [2.45, 2.75) is 19.4 Å². The largest absolute Gasteiger partial charge is 0.313 e. The molecule has 1 aromatic heterocycles. The Balaban J connectivity index is 2.22. The van der Waals surface area contributed by atoms with Gasteiger partial charge in [0.05, 0.1) is 0 Å². The van der Waals surface area contributed by atoms with Gasteiger partial charge in [0, 0.05) is 6.04 Å². The zero-order valence-electron chi connectivity index (χ0n) is 10.0. The standard InChI is InChI=1S/C14H16FNS/c1-10-5-12(8-13(15)6-10)14(16-2)7-11-3-4-17-9-11/h3-6,8-9,14,16H,7H2,1-2H3. The summed E-state index contributed by atoms with van der Waals surface area (Å²) in [7, 11) is 1.91. The van der Waals surface area contributed by atoms with Gasteiger partial charge in [0.1, 0.15) is 5.82 Å². The molecule has 0 spiro atoms. The maximum atomic E-state index is 13.4. The molecule has 2 rings (SSSR count). The Bertz CT molecular complexity index is 459. The van der Waals surface area contributed by atoms with E-state index in [1.807, 2.05) is 20.0 Å². The highest BCUT2D eigenvalue weighted by atomic mass is 32.1. The summed E-state index contributed by atoms with van der Waals surface area (Å²) in [5, 5.41) is 7.45. The van der Waals surface area contributed by atoms with Gasteiger partial charge in [-0.2, -0.15) is 11.3 Å². The number of hydrogen-bond acceptors (Lipinski definition) is 2. The van der Waals surface area contributed by atoms with E-state index in [1.54, 1.807) is 23.5 Å². The van der Waals surface area contributed by atoms with Crippen molar-refractivity contribution < 1.29 is 4.39 Å². The van der Waals surface area contributed by atoms with Gasteiger partial charge >= 0.3 is 0 Å². The first kappa shape index (κ1) is 12.3. The van der Waals surface area contributed by atoms with Gasteiger partial charge in [-0.25, -0.2) is 4.39 Å². The fourth-order valence-electron chi connectivity index (χ4n) is 2.00. The molecule has 0 aliphatic heterocycles. The van der Waals surface area contributed by atoms with E-state index in [0.717, 1.165) is 17.5 Å². The molecule has 0 saturated carbocycles. The normalized spacial score (nSPS) is 12.6. The molecule has 1 heterocycles. The van der Waals surface area contributed by atoms with Crippen LogP contribution < -0.4 is 5.32 Å². The van der Waals surface area contributed by atoms with E-state index in [1.165, 1.54) is 5.56 Å². The van der Waals surface area contributed by atoms with E-state index >= 15 is 0 Å². The number of aryl methyl sites for hydroxylation is 1. The van der Waals surface area contributed by atoms with Crippen LogP contribution in [0.4, 0.5) is 4.39 Å². The SMILES string of the molecule is CNC(Cc1ccsc1)c1cc(C)cc(F)c1. The molecule has 0 bridgehead atoms. The van der Waals surface area contributed by atoms with Crippen LogP contribution in [0.2, 0.25) is 0 Å². The molecule has 1 aromatic carbocycles. The highest BCUT2D eigenvalue weighted by Gasteiger charge is 2.11. The Labute approximate surface area is 105 Å². The van der Waals surface area contributed by atoms with Crippen LogP contribution in [-0.2, 0) is 6.42 Å². The van der Waals surface area contributed by atoms with Crippen LogP contribution in [0.3, 0.4) is 0 Å². The smallest absolute Gasteiger partial charge is 0.123 e. The molecule has 2 aromatic rings. The summed E-state index contributed by atoms with van der Waals surface area (Å²) < 4.78 is 13.4. The number of hydrogen-bond donors (Lipinski definition) is 1. The number of rotatable bonds is 4. The summed E-state index contributed by atoms with van der Waals surface area (Å²) in [6.45, 7) is 1.92. The Morgan fingerprint density at radius 2 is 2.18 bits per heavy atom. The quantitative estimate of drug-likeness (QED) is 0.871. The zero-order chi connectivity index (χ0) is 12.3. The first-order chi connectivity index (χ1) is 8.19. The van der Waals surface area contributed by atoms with Gasteiger partial charge in [0.15, 0.2) is 0 Å². The molecule has 1 N–H and O–H groups in total. The summed E-state index contributed by atoms with van der Waals surface area (Å²) >= 11 is 1.69. The van der Waals surface area contributed by atoms with Crippen LogP contribution >= 0.6 is 11.3 Å². The van der Waals surface area contributed by atoms with Crippen molar-refractivity contribution in [3.05, 3.63) is 57.5 Å². The van der Waals surface area contributed by atoms with Crippen molar-refractivity contribution in [3.8, 4) is 0 Å². The van der Waals surface area contributed by atoms with Crippen molar-refractivity contribution in [3.63, 3.8) is 0 Å². The fraction of sp³-hybridized carbons (Fsp3) is 0.286. The molecule has 0 aliphatic carbocycles. The summed E-state index contributed by atoms with van der Waals surface area (Å²) in [5.74, 6) is -0.162. The Hall–Kier alpha value is -1.19. The van der Waals surface area contributed by atoms with E-state index < -0.39 is 0 Å². The van der Waals surface area contributed by atoms with Crippen molar-refractivity contribution in [1.82, 2.24) is 5.32 Å². The van der Waals surface area contributed by atoms with Gasteiger partial charge in [0.2, 0.25) is 0 Å². The van der Waals surface area contributed by atoms with Gasteiger partial charge < -0.3 is 5.32 Å². The molecule has 0 amide bonds. The monoisotopic (exact) mass is 249 g/mol. The lowest BCUT2D eigenvalue weighted by molar-refractivity contribution is 0.577. The molecule has 0 radical (unpaired) electrons. The second-order valence-electron chi connectivity index (χ2n) is 4.24. The zero-order valence-corrected chi connectivity index (χ0v) is 10.9. The minimum Gasteiger partial charge on any atom is -0.313 e. The maximum Gasteiger partial charge on any atom is 0.123 e. The molecule has 17 heavy (non-hydrogen) atoms. The Morgan fingerprint density at radius 3 is 2.76 bits per heavy atom. The molecular formula is C14H16FNS. The number of benzene rings is 1. The average Bonchev–Trinajstić information content (AvgIpc) is 2.77. The summed E-state index contributed by atoms with van der Waals surface area (Å²) in [6, 6.07) is 7.48. The minimum atomic E-state index is -0.162. The van der Waals surface area contributed by atoms with Gasteiger partial charge in [-0.15, -0.1) is 0 Å². The van der Waals surface area contributed by atoms with E-state index in [4.69, 9.17) is 0 Å². The van der Waals surface area contributed by atoms with Crippen molar-refractivity contribution >= 4 is 11.3 Å². The Kier molecular flexibility index (Phi) is 3.92. The average molecular weight is 249 g/mol. The predicted octanol–water partition coefficient (Wildman–Crippen LogP) is 3.70. The summed E-state index contributed by atoms with van der Waals surface area (Å²) in [4.78, 5) is 0. The van der Waals surface area contributed by atoms with Crippen LogP contribution in [0.15, 0.2) is 35.0 Å². The topological polar surface area (TPSA) is 12.0 Å². The molecule has 1 nitrogen and oxygen atoms in total. The van der Waals surface area contributed by atoms with E-state index in [2.05, 4.69) is 22.1 Å². The van der Waals surface area contributed by atoms with E-state index in [-0.39, 0.29) is 11.9 Å². The summed E-state index contributed by atoms with van der Waals surface area (Å²) in [5.41, 5.74) is 3.26. The number of likely N-dealkylation sites (N-methyl/N-ethyl adjacent to an activating group) is 1. The number of halogens is 1. The lowest BCUT2D eigenvalue weighted by atomic mass is 9.99. The van der Waals surface area contributed by atoms with Crippen molar-refractivity contribution in [2.75, 3.05) is 7.05 Å². The van der Waals surface area contributed by atoms with E-state index in [0.29, 0.717) is 0 Å². The van der Waals surface area contributed by atoms with Gasteiger partial charge in [0.25, 0.3) is 0 Å². The van der Waals surface area contributed by atoms with Crippen LogP contribution in [0, 0.1) is 12.7 Å². The Morgan fingerprint density at radius 1 is 1.35 bits per heavy atom. The first-order valence-electron chi connectivity index (χ1n) is 5.64. The molecule has 90 valence electrons. The van der Waals surface area contributed by atoms with Crippen LogP contribution in [0.25, 0.3) is 0 Å².